The number of nitrogens with zero attached hydrogens (tertiary/aromatic N) is 2. The van der Waals surface area contributed by atoms with E-state index < -0.39 is 0 Å². The van der Waals surface area contributed by atoms with E-state index in [2.05, 4.69) is 41.5 Å². The molecule has 2 atom stereocenters. The van der Waals surface area contributed by atoms with Crippen molar-refractivity contribution in [1.82, 2.24) is 10.3 Å². The molecule has 2 aromatic rings. The Balaban J connectivity index is 1.61. The van der Waals surface area contributed by atoms with Crippen LogP contribution in [0.4, 0.5) is 5.69 Å². The molecule has 0 saturated carbocycles. The fourth-order valence-corrected chi connectivity index (χ4v) is 3.05. The number of rotatable bonds is 5. The van der Waals surface area contributed by atoms with Gasteiger partial charge in [0, 0.05) is 19.3 Å². The smallest absolute Gasteiger partial charge is 0.244 e. The predicted octanol–water partition coefficient (Wildman–Crippen LogP) is 2.97. The number of carbonyl (C=O) groups excluding carboxylic acids is 1. The van der Waals surface area contributed by atoms with E-state index in [0.29, 0.717) is 5.92 Å². The summed E-state index contributed by atoms with van der Waals surface area (Å²) in [4.78, 5) is 18.7. The molecule has 1 aromatic heterocycles. The van der Waals surface area contributed by atoms with Crippen molar-refractivity contribution in [2.75, 3.05) is 18.0 Å². The highest BCUT2D eigenvalue weighted by molar-refractivity contribution is 5.97. The Morgan fingerprint density at radius 3 is 2.83 bits per heavy atom. The molecular weight excluding hydrogens is 286 g/mol. The summed E-state index contributed by atoms with van der Waals surface area (Å²) in [5.74, 6) is 0.544. The number of aromatic nitrogens is 1. The Labute approximate surface area is 137 Å². The first-order chi connectivity index (χ1) is 11.3. The number of hydrogen-bond donors (Lipinski definition) is 1. The van der Waals surface area contributed by atoms with E-state index in [1.54, 1.807) is 12.4 Å². The van der Waals surface area contributed by atoms with Crippen molar-refractivity contribution in [3.8, 4) is 0 Å². The fourth-order valence-electron chi connectivity index (χ4n) is 3.05. The number of nitrogens with one attached hydrogen (secondary N) is 1. The number of piperidine rings is 1. The highest BCUT2D eigenvalue weighted by Gasteiger charge is 2.29. The van der Waals surface area contributed by atoms with Gasteiger partial charge in [0.25, 0.3) is 0 Å². The van der Waals surface area contributed by atoms with E-state index >= 15 is 0 Å². The number of carbonyl (C=O) groups is 1. The van der Waals surface area contributed by atoms with Gasteiger partial charge in [0.05, 0.1) is 17.9 Å². The van der Waals surface area contributed by atoms with Gasteiger partial charge in [-0.05, 0) is 36.5 Å². The zero-order valence-electron chi connectivity index (χ0n) is 13.5. The van der Waals surface area contributed by atoms with Crippen LogP contribution in [0.5, 0.6) is 0 Å². The number of anilines is 1. The van der Waals surface area contributed by atoms with Gasteiger partial charge in [-0.3, -0.25) is 9.78 Å². The van der Waals surface area contributed by atoms with E-state index in [1.165, 1.54) is 5.56 Å². The van der Waals surface area contributed by atoms with Crippen LogP contribution >= 0.6 is 0 Å². The summed E-state index contributed by atoms with van der Waals surface area (Å²) in [5.41, 5.74) is 2.19. The highest BCUT2D eigenvalue weighted by atomic mass is 16.2. The third-order valence-corrected chi connectivity index (χ3v) is 4.44. The van der Waals surface area contributed by atoms with Crippen molar-refractivity contribution in [2.45, 2.75) is 31.7 Å². The lowest BCUT2D eigenvalue weighted by atomic mass is 9.99. The molecule has 0 radical (unpaired) electrons. The van der Waals surface area contributed by atoms with Gasteiger partial charge in [0.2, 0.25) is 5.91 Å². The van der Waals surface area contributed by atoms with Crippen LogP contribution in [0.2, 0.25) is 0 Å². The minimum Gasteiger partial charge on any atom is -0.310 e. The molecule has 0 aliphatic carbocycles. The van der Waals surface area contributed by atoms with Crippen LogP contribution in [0.3, 0.4) is 0 Å². The van der Waals surface area contributed by atoms with Crippen molar-refractivity contribution < 1.29 is 4.79 Å². The summed E-state index contributed by atoms with van der Waals surface area (Å²) in [5, 5.41) is 3.46. The van der Waals surface area contributed by atoms with Crippen LogP contribution in [0.1, 0.15) is 31.2 Å². The van der Waals surface area contributed by atoms with Gasteiger partial charge in [0.1, 0.15) is 0 Å². The summed E-state index contributed by atoms with van der Waals surface area (Å²) in [6.45, 7) is 3.77. The van der Waals surface area contributed by atoms with Crippen LogP contribution in [-0.2, 0) is 4.79 Å². The summed E-state index contributed by atoms with van der Waals surface area (Å²) in [7, 11) is 0. The van der Waals surface area contributed by atoms with Crippen LogP contribution in [0, 0.1) is 0 Å². The SMILES string of the molecule is C[C@@H](CN[C@H]1CCCN(c2cccnc2)C1=O)c1ccccc1. The Kier molecular flexibility index (Phi) is 5.03. The molecular formula is C19H23N3O. The minimum atomic E-state index is -0.102. The molecule has 4 nitrogen and oxygen atoms in total. The Morgan fingerprint density at radius 1 is 1.26 bits per heavy atom. The van der Waals surface area contributed by atoms with Crippen molar-refractivity contribution in [3.63, 3.8) is 0 Å². The standard InChI is InChI=1S/C19H23N3O/c1-15(16-7-3-2-4-8-16)13-21-18-10-6-12-22(19(18)23)17-9-5-11-20-14-17/h2-5,7-9,11,14-15,18,21H,6,10,12-13H2,1H3/t15-,18-/m0/s1. The zero-order valence-corrected chi connectivity index (χ0v) is 13.5. The van der Waals surface area contributed by atoms with Gasteiger partial charge in [-0.1, -0.05) is 37.3 Å². The molecule has 0 unspecified atom stereocenters. The lowest BCUT2D eigenvalue weighted by Gasteiger charge is -2.33. The third kappa shape index (κ3) is 3.77. The van der Waals surface area contributed by atoms with Crippen molar-refractivity contribution >= 4 is 11.6 Å². The van der Waals surface area contributed by atoms with Crippen molar-refractivity contribution in [1.29, 1.82) is 0 Å². The molecule has 1 N–H and O–H groups in total. The number of pyridine rings is 1. The molecule has 4 heteroatoms. The molecule has 23 heavy (non-hydrogen) atoms. The normalized spacial score (nSPS) is 19.6. The van der Waals surface area contributed by atoms with E-state index in [9.17, 15) is 4.79 Å². The molecule has 1 amide bonds. The van der Waals surface area contributed by atoms with Gasteiger partial charge in [-0.25, -0.2) is 0 Å². The summed E-state index contributed by atoms with van der Waals surface area (Å²) in [6, 6.07) is 14.1. The summed E-state index contributed by atoms with van der Waals surface area (Å²) >= 11 is 0. The fraction of sp³-hybridized carbons (Fsp3) is 0.368. The lowest BCUT2D eigenvalue weighted by molar-refractivity contribution is -0.121. The van der Waals surface area contributed by atoms with E-state index in [-0.39, 0.29) is 11.9 Å². The van der Waals surface area contributed by atoms with Gasteiger partial charge in [-0.15, -0.1) is 0 Å². The molecule has 1 aliphatic heterocycles. The molecule has 1 aliphatic rings. The average molecular weight is 309 g/mol. The second-order valence-corrected chi connectivity index (χ2v) is 6.12. The number of amides is 1. The van der Waals surface area contributed by atoms with E-state index in [1.807, 2.05) is 23.1 Å². The molecule has 0 bridgehead atoms. The molecule has 1 saturated heterocycles. The largest absolute Gasteiger partial charge is 0.310 e. The molecule has 2 heterocycles. The molecule has 120 valence electrons. The Morgan fingerprint density at radius 2 is 2.09 bits per heavy atom. The lowest BCUT2D eigenvalue weighted by Crippen LogP contribution is -2.51. The third-order valence-electron chi connectivity index (χ3n) is 4.44. The first kappa shape index (κ1) is 15.7. The van der Waals surface area contributed by atoms with Crippen LogP contribution in [0.25, 0.3) is 0 Å². The summed E-state index contributed by atoms with van der Waals surface area (Å²) in [6.07, 6.45) is 5.40. The van der Waals surface area contributed by atoms with Crippen LogP contribution in [0.15, 0.2) is 54.9 Å². The molecule has 1 fully saturated rings. The predicted molar refractivity (Wildman–Crippen MR) is 92.5 cm³/mol. The first-order valence-corrected chi connectivity index (χ1v) is 8.25. The van der Waals surface area contributed by atoms with Gasteiger partial charge in [-0.2, -0.15) is 0 Å². The average Bonchev–Trinajstić information content (AvgIpc) is 2.62. The maximum absolute atomic E-state index is 12.7. The molecule has 0 spiro atoms. The molecule has 1 aromatic carbocycles. The highest BCUT2D eigenvalue weighted by Crippen LogP contribution is 2.21. The minimum absolute atomic E-state index is 0.102. The number of hydrogen-bond acceptors (Lipinski definition) is 3. The zero-order chi connectivity index (χ0) is 16.1. The van der Waals surface area contributed by atoms with Gasteiger partial charge >= 0.3 is 0 Å². The first-order valence-electron chi connectivity index (χ1n) is 8.25. The monoisotopic (exact) mass is 309 g/mol. The second kappa shape index (κ2) is 7.38. The topological polar surface area (TPSA) is 45.2 Å². The van der Waals surface area contributed by atoms with Crippen molar-refractivity contribution in [2.24, 2.45) is 0 Å². The van der Waals surface area contributed by atoms with Crippen LogP contribution in [-0.4, -0.2) is 30.0 Å². The second-order valence-electron chi connectivity index (χ2n) is 6.12. The Hall–Kier alpha value is -2.20. The number of benzene rings is 1. The maximum Gasteiger partial charge on any atom is 0.244 e. The molecule has 3 rings (SSSR count). The van der Waals surface area contributed by atoms with E-state index in [4.69, 9.17) is 0 Å². The van der Waals surface area contributed by atoms with E-state index in [0.717, 1.165) is 31.6 Å². The van der Waals surface area contributed by atoms with Crippen molar-refractivity contribution in [3.05, 3.63) is 60.4 Å². The summed E-state index contributed by atoms with van der Waals surface area (Å²) < 4.78 is 0. The van der Waals surface area contributed by atoms with Gasteiger partial charge in [0.15, 0.2) is 0 Å². The van der Waals surface area contributed by atoms with Crippen LogP contribution < -0.4 is 10.2 Å². The Bertz CT molecular complexity index is 630. The quantitative estimate of drug-likeness (QED) is 0.923. The van der Waals surface area contributed by atoms with Gasteiger partial charge < -0.3 is 10.2 Å². The maximum atomic E-state index is 12.7.